The van der Waals surface area contributed by atoms with Crippen molar-refractivity contribution >= 4 is 22.8 Å². The lowest BCUT2D eigenvalue weighted by Gasteiger charge is -2.34. The molecular weight excluding hydrogens is 494 g/mol. The van der Waals surface area contributed by atoms with Gasteiger partial charge in [-0.25, -0.2) is 4.68 Å². The van der Waals surface area contributed by atoms with Crippen LogP contribution in [0.1, 0.15) is 44.4 Å². The molecule has 0 saturated carbocycles. The number of fused-ring (bicyclic) bond motifs is 1. The van der Waals surface area contributed by atoms with Crippen LogP contribution in [-0.2, 0) is 22.7 Å². The van der Waals surface area contributed by atoms with Crippen LogP contribution in [0.15, 0.2) is 72.8 Å². The molecule has 0 fully saturated rings. The Morgan fingerprint density at radius 1 is 0.974 bits per heavy atom. The molecule has 0 spiro atoms. The van der Waals surface area contributed by atoms with Gasteiger partial charge >= 0.3 is 0 Å². The quantitative estimate of drug-likeness (QED) is 0.307. The van der Waals surface area contributed by atoms with Crippen LogP contribution in [0.5, 0.6) is 11.5 Å². The minimum absolute atomic E-state index is 0.0818. The van der Waals surface area contributed by atoms with E-state index in [0.717, 1.165) is 17.5 Å². The first kappa shape index (κ1) is 27.6. The van der Waals surface area contributed by atoms with E-state index in [4.69, 9.17) is 9.47 Å². The van der Waals surface area contributed by atoms with Gasteiger partial charge in [-0.1, -0.05) is 48.5 Å². The van der Waals surface area contributed by atoms with Crippen molar-refractivity contribution in [3.05, 3.63) is 83.9 Å². The second-order valence-corrected chi connectivity index (χ2v) is 10.0. The lowest BCUT2D eigenvalue weighted by molar-refractivity contribution is -0.143. The van der Waals surface area contributed by atoms with E-state index in [1.807, 2.05) is 81.4 Å². The molecule has 1 N–H and O–H groups in total. The summed E-state index contributed by atoms with van der Waals surface area (Å²) in [6, 6.07) is 21.3. The van der Waals surface area contributed by atoms with Crippen LogP contribution in [0, 0.1) is 0 Å². The first-order chi connectivity index (χ1) is 18.7. The predicted molar refractivity (Wildman–Crippen MR) is 149 cm³/mol. The van der Waals surface area contributed by atoms with Crippen LogP contribution in [0.25, 0.3) is 11.0 Å². The van der Waals surface area contributed by atoms with Crippen LogP contribution in [0.2, 0.25) is 0 Å². The van der Waals surface area contributed by atoms with Crippen molar-refractivity contribution in [1.82, 2.24) is 25.2 Å². The number of nitrogens with zero attached hydrogens (tertiary/aromatic N) is 4. The Labute approximate surface area is 228 Å². The Bertz CT molecular complexity index is 1430. The maximum atomic E-state index is 14.1. The molecule has 0 saturated heterocycles. The van der Waals surface area contributed by atoms with E-state index >= 15 is 0 Å². The van der Waals surface area contributed by atoms with Crippen LogP contribution in [0.4, 0.5) is 0 Å². The van der Waals surface area contributed by atoms with Crippen molar-refractivity contribution in [3.63, 3.8) is 0 Å². The summed E-state index contributed by atoms with van der Waals surface area (Å²) in [5.74, 6) is 0.775. The van der Waals surface area contributed by atoms with Crippen LogP contribution in [-0.4, -0.2) is 51.5 Å². The average molecular weight is 530 g/mol. The van der Waals surface area contributed by atoms with Crippen LogP contribution in [0.3, 0.4) is 0 Å². The number of benzene rings is 3. The van der Waals surface area contributed by atoms with E-state index < -0.39 is 11.6 Å². The molecule has 3 aromatic carbocycles. The zero-order valence-corrected chi connectivity index (χ0v) is 23.0. The molecule has 0 aliphatic rings. The fraction of sp³-hybridized carbons (Fsp3) is 0.333. The van der Waals surface area contributed by atoms with Crippen molar-refractivity contribution in [3.8, 4) is 11.5 Å². The number of carbonyl (C=O) groups excluding carboxylic acids is 2. The lowest BCUT2D eigenvalue weighted by atomic mass is 9.98. The summed E-state index contributed by atoms with van der Waals surface area (Å²) < 4.78 is 12.3. The fourth-order valence-electron chi connectivity index (χ4n) is 4.29. The summed E-state index contributed by atoms with van der Waals surface area (Å²) in [6.45, 7) is 6.04. The fourth-order valence-corrected chi connectivity index (χ4v) is 4.29. The normalized spacial score (nSPS) is 12.1. The number of hydrogen-bond donors (Lipinski definition) is 1. The highest BCUT2D eigenvalue weighted by atomic mass is 16.5. The van der Waals surface area contributed by atoms with Gasteiger partial charge in [0.1, 0.15) is 29.6 Å². The minimum atomic E-state index is -0.907. The molecule has 1 aromatic heterocycles. The van der Waals surface area contributed by atoms with Crippen LogP contribution >= 0.6 is 0 Å². The number of methoxy groups -OCH3 is 2. The van der Waals surface area contributed by atoms with E-state index in [1.165, 1.54) is 0 Å². The minimum Gasteiger partial charge on any atom is -0.497 e. The number of amides is 2. The standard InChI is InChI=1S/C30H35N5O4/c1-6-30(2,3)31-29(37)28(22-14-16-23(38-4)17-15-22)34(19-21-10-9-11-24(18-21)39-5)27(36)20-35-26-13-8-7-12-25(26)32-33-35/h7-18,28H,6,19-20H2,1-5H3,(H,31,37). The van der Waals surface area contributed by atoms with Crippen molar-refractivity contribution in [2.45, 2.75) is 51.9 Å². The summed E-state index contributed by atoms with van der Waals surface area (Å²) in [5.41, 5.74) is 2.46. The van der Waals surface area contributed by atoms with E-state index in [9.17, 15) is 9.59 Å². The van der Waals surface area contributed by atoms with Gasteiger partial charge in [0.25, 0.3) is 0 Å². The molecule has 9 nitrogen and oxygen atoms in total. The van der Waals surface area contributed by atoms with Crippen molar-refractivity contribution in [1.29, 1.82) is 0 Å². The second-order valence-electron chi connectivity index (χ2n) is 10.0. The largest absolute Gasteiger partial charge is 0.497 e. The number of aromatic nitrogens is 3. The lowest BCUT2D eigenvalue weighted by Crippen LogP contribution is -2.50. The first-order valence-electron chi connectivity index (χ1n) is 12.9. The van der Waals surface area contributed by atoms with Gasteiger partial charge in [0.15, 0.2) is 0 Å². The maximum absolute atomic E-state index is 14.1. The third-order valence-electron chi connectivity index (χ3n) is 6.85. The maximum Gasteiger partial charge on any atom is 0.247 e. The highest BCUT2D eigenvalue weighted by molar-refractivity contribution is 5.89. The smallest absolute Gasteiger partial charge is 0.247 e. The summed E-state index contributed by atoms with van der Waals surface area (Å²) in [5, 5.41) is 11.5. The zero-order valence-electron chi connectivity index (χ0n) is 23.0. The average Bonchev–Trinajstić information content (AvgIpc) is 3.35. The number of ether oxygens (including phenoxy) is 2. The molecule has 39 heavy (non-hydrogen) atoms. The van der Waals surface area contributed by atoms with E-state index in [-0.39, 0.29) is 24.9 Å². The molecule has 0 aliphatic heterocycles. The number of carbonyl (C=O) groups is 2. The molecular formula is C30H35N5O4. The number of hydrogen-bond acceptors (Lipinski definition) is 6. The van der Waals surface area contributed by atoms with Crippen molar-refractivity contribution < 1.29 is 19.1 Å². The predicted octanol–water partition coefficient (Wildman–Crippen LogP) is 4.52. The number of para-hydroxylation sites is 1. The number of rotatable bonds is 11. The molecule has 1 atom stereocenters. The summed E-state index contributed by atoms with van der Waals surface area (Å²) in [7, 11) is 3.18. The van der Waals surface area contributed by atoms with Crippen LogP contribution < -0.4 is 14.8 Å². The molecule has 1 heterocycles. The molecule has 0 bridgehead atoms. The third-order valence-corrected chi connectivity index (χ3v) is 6.85. The molecule has 2 amide bonds. The Hall–Kier alpha value is -4.40. The van der Waals surface area contributed by atoms with E-state index in [0.29, 0.717) is 22.6 Å². The van der Waals surface area contributed by atoms with Gasteiger partial charge in [-0.15, -0.1) is 5.10 Å². The van der Waals surface area contributed by atoms with Gasteiger partial charge < -0.3 is 19.7 Å². The van der Waals surface area contributed by atoms with Gasteiger partial charge in [-0.05, 0) is 67.8 Å². The van der Waals surface area contributed by atoms with E-state index in [2.05, 4.69) is 15.6 Å². The van der Waals surface area contributed by atoms with Gasteiger partial charge in [-0.2, -0.15) is 0 Å². The third kappa shape index (κ3) is 6.54. The number of nitrogens with one attached hydrogen (secondary N) is 1. The molecule has 0 aliphatic carbocycles. The first-order valence-corrected chi connectivity index (χ1v) is 12.9. The topological polar surface area (TPSA) is 98.6 Å². The molecule has 204 valence electrons. The Morgan fingerprint density at radius 2 is 1.69 bits per heavy atom. The molecule has 0 radical (unpaired) electrons. The van der Waals surface area contributed by atoms with Gasteiger partial charge in [0.05, 0.1) is 19.7 Å². The molecule has 4 aromatic rings. The highest BCUT2D eigenvalue weighted by Gasteiger charge is 2.34. The Morgan fingerprint density at radius 3 is 2.38 bits per heavy atom. The van der Waals surface area contributed by atoms with E-state index in [1.54, 1.807) is 35.9 Å². The molecule has 4 rings (SSSR count). The molecule has 9 heteroatoms. The summed E-state index contributed by atoms with van der Waals surface area (Å²) in [4.78, 5) is 29.6. The Balaban J connectivity index is 1.78. The Kier molecular flexibility index (Phi) is 8.49. The van der Waals surface area contributed by atoms with Crippen molar-refractivity contribution in [2.24, 2.45) is 0 Å². The summed E-state index contributed by atoms with van der Waals surface area (Å²) >= 11 is 0. The zero-order chi connectivity index (χ0) is 28.0. The van der Waals surface area contributed by atoms with Gasteiger partial charge in [0, 0.05) is 12.1 Å². The monoisotopic (exact) mass is 529 g/mol. The van der Waals surface area contributed by atoms with Gasteiger partial charge in [0.2, 0.25) is 11.8 Å². The van der Waals surface area contributed by atoms with Crippen molar-refractivity contribution in [2.75, 3.05) is 14.2 Å². The van der Waals surface area contributed by atoms with Gasteiger partial charge in [-0.3, -0.25) is 9.59 Å². The SMILES string of the molecule is CCC(C)(C)NC(=O)C(c1ccc(OC)cc1)N(Cc1cccc(OC)c1)C(=O)Cn1nnc2ccccc21. The second kappa shape index (κ2) is 12.0. The summed E-state index contributed by atoms with van der Waals surface area (Å²) in [6.07, 6.45) is 0.725. The highest BCUT2D eigenvalue weighted by Crippen LogP contribution is 2.28. The molecule has 1 unspecified atom stereocenters.